The Bertz CT molecular complexity index is 3060. The molecular formula is C42H48N2O14S4. The lowest BCUT2D eigenvalue weighted by molar-refractivity contribution is -0.438. The molecule has 0 saturated heterocycles. The molecule has 0 aliphatic carbocycles. The second-order valence-electron chi connectivity index (χ2n) is 16.4. The minimum atomic E-state index is -4.99. The molecule has 2 aliphatic rings. The number of rotatable bonds is 17. The fourth-order valence-electron chi connectivity index (χ4n) is 9.17. The van der Waals surface area contributed by atoms with E-state index in [-0.39, 0.29) is 35.1 Å². The van der Waals surface area contributed by atoms with Gasteiger partial charge in [-0.25, -0.2) is 8.42 Å². The molecule has 4 aromatic rings. The molecule has 4 N–H and O–H groups in total. The topological polar surface area (TPSA) is 264 Å². The van der Waals surface area contributed by atoms with Crippen molar-refractivity contribution < 1.29 is 66.4 Å². The second-order valence-corrected chi connectivity index (χ2v) is 22.1. The van der Waals surface area contributed by atoms with E-state index in [4.69, 9.17) is 0 Å². The SMILES string of the molecule is CCCC1(C)/C(=C\C=C\C2=[N+](CCCCCC(=O)O)c3ccc4c(S(=O)(=O)O)cc(S(=O)(=O)O)cc4c3C2(C)C)N(CCCS(=O)(=O)[O-])c2ccc3ccc(S(=O)(=O)O)cc3c21. The molecule has 1 atom stereocenters. The standard InChI is InChI=1S/C42H48N2O14S4/c1-5-20-42(4)37(44(22-10-23-59(47,48)49)34-18-15-27-14-16-28(60(50,51)52)24-31(27)40(34)42)12-9-11-36-41(2,3)39-32-25-29(61(53,54)55)26-35(62(56,57)58)30(32)17-19-33(39)43(36)21-8-6-7-13-38(45)46/h9,11-12,14-19,24-26H,5-8,10,13,20-23H2,1-4H3,(H4-,45,46,47,48,49,50,51,52,53,54,55,56,57,58). The van der Waals surface area contributed by atoms with Crippen LogP contribution < -0.4 is 4.90 Å². The monoisotopic (exact) mass is 932 g/mol. The molecule has 0 fully saturated rings. The van der Waals surface area contributed by atoms with Crippen molar-refractivity contribution in [2.45, 2.75) is 98.2 Å². The summed E-state index contributed by atoms with van der Waals surface area (Å²) in [6.45, 7) is 8.11. The molecule has 334 valence electrons. The number of unbranched alkanes of at least 4 members (excludes halogenated alkanes) is 2. The van der Waals surface area contributed by atoms with E-state index in [1.807, 2.05) is 55.4 Å². The number of carboxylic acid groups (broad SMARTS) is 1. The number of hydrogen-bond donors (Lipinski definition) is 4. The van der Waals surface area contributed by atoms with Crippen LogP contribution in [0.5, 0.6) is 0 Å². The lowest BCUT2D eigenvalue weighted by atomic mass is 9.75. The van der Waals surface area contributed by atoms with Crippen molar-refractivity contribution in [3.8, 4) is 0 Å². The highest BCUT2D eigenvalue weighted by atomic mass is 32.2. The van der Waals surface area contributed by atoms with Gasteiger partial charge in [-0.3, -0.25) is 18.5 Å². The molecule has 0 saturated carbocycles. The van der Waals surface area contributed by atoms with E-state index in [1.165, 1.54) is 18.2 Å². The lowest BCUT2D eigenvalue weighted by Crippen LogP contribution is -2.30. The molecule has 4 aromatic carbocycles. The van der Waals surface area contributed by atoms with Gasteiger partial charge in [0.2, 0.25) is 5.69 Å². The first kappa shape index (κ1) is 47.0. The predicted octanol–water partition coefficient (Wildman–Crippen LogP) is 6.71. The number of carboxylic acids is 1. The summed E-state index contributed by atoms with van der Waals surface area (Å²) in [5, 5.41) is 10.6. The van der Waals surface area contributed by atoms with E-state index < -0.39 is 72.8 Å². The van der Waals surface area contributed by atoms with E-state index in [2.05, 4.69) is 0 Å². The van der Waals surface area contributed by atoms with Crippen LogP contribution in [0.3, 0.4) is 0 Å². The molecular weight excluding hydrogens is 885 g/mol. The van der Waals surface area contributed by atoms with E-state index in [0.717, 1.165) is 11.6 Å². The normalized spacial score (nSPS) is 18.7. The third-order valence-corrected chi connectivity index (χ3v) is 15.1. The Kier molecular flexibility index (Phi) is 12.8. The molecule has 62 heavy (non-hydrogen) atoms. The van der Waals surface area contributed by atoms with E-state index >= 15 is 0 Å². The van der Waals surface area contributed by atoms with Crippen molar-refractivity contribution in [2.24, 2.45) is 0 Å². The van der Waals surface area contributed by atoms with Gasteiger partial charge >= 0.3 is 5.97 Å². The molecule has 0 bridgehead atoms. The third kappa shape index (κ3) is 9.23. The average Bonchev–Trinajstić information content (AvgIpc) is 3.51. The molecule has 16 nitrogen and oxygen atoms in total. The van der Waals surface area contributed by atoms with Gasteiger partial charge in [-0.2, -0.15) is 29.8 Å². The van der Waals surface area contributed by atoms with Crippen molar-refractivity contribution in [1.29, 1.82) is 0 Å². The van der Waals surface area contributed by atoms with Gasteiger partial charge in [-0.15, -0.1) is 0 Å². The summed E-state index contributed by atoms with van der Waals surface area (Å²) in [4.78, 5) is 11.4. The van der Waals surface area contributed by atoms with Crippen LogP contribution in [0.2, 0.25) is 0 Å². The Hall–Kier alpha value is -4.54. The fraction of sp³-hybridized carbons (Fsp3) is 0.381. The number of anilines is 1. The summed E-state index contributed by atoms with van der Waals surface area (Å²) in [6.07, 6.45) is 8.08. The highest BCUT2D eigenvalue weighted by Crippen LogP contribution is 2.54. The van der Waals surface area contributed by atoms with Crippen LogP contribution in [-0.2, 0) is 56.1 Å². The highest BCUT2D eigenvalue weighted by Gasteiger charge is 2.47. The van der Waals surface area contributed by atoms with Crippen LogP contribution in [0.15, 0.2) is 93.2 Å². The minimum Gasteiger partial charge on any atom is -0.748 e. The maximum absolute atomic E-state index is 12.6. The number of nitrogens with zero attached hydrogens (tertiary/aromatic N) is 2. The molecule has 0 radical (unpaired) electrons. The lowest BCUT2D eigenvalue weighted by Gasteiger charge is -2.30. The molecule has 1 unspecified atom stereocenters. The van der Waals surface area contributed by atoms with Gasteiger partial charge < -0.3 is 14.6 Å². The summed E-state index contributed by atoms with van der Waals surface area (Å²) in [5.74, 6) is -1.57. The number of aliphatic carboxylic acids is 1. The minimum absolute atomic E-state index is 0.0136. The highest BCUT2D eigenvalue weighted by molar-refractivity contribution is 7.87. The Balaban J connectivity index is 1.56. The zero-order chi connectivity index (χ0) is 45.8. The van der Waals surface area contributed by atoms with Gasteiger partial charge in [0.25, 0.3) is 30.4 Å². The van der Waals surface area contributed by atoms with Crippen molar-refractivity contribution in [3.63, 3.8) is 0 Å². The maximum atomic E-state index is 12.6. The molecule has 6 rings (SSSR count). The van der Waals surface area contributed by atoms with Gasteiger partial charge in [0, 0.05) is 65.0 Å². The summed E-state index contributed by atoms with van der Waals surface area (Å²) >= 11 is 0. The van der Waals surface area contributed by atoms with Crippen molar-refractivity contribution in [1.82, 2.24) is 0 Å². The first-order valence-electron chi connectivity index (χ1n) is 19.8. The summed E-state index contributed by atoms with van der Waals surface area (Å²) < 4.78 is 142. The Labute approximate surface area is 361 Å². The average molecular weight is 933 g/mol. The van der Waals surface area contributed by atoms with Gasteiger partial charge in [0.05, 0.1) is 25.3 Å². The Morgan fingerprint density at radius 3 is 2.05 bits per heavy atom. The smallest absolute Gasteiger partial charge is 0.303 e. The maximum Gasteiger partial charge on any atom is 0.303 e. The Morgan fingerprint density at radius 1 is 0.774 bits per heavy atom. The second kappa shape index (κ2) is 16.9. The Morgan fingerprint density at radius 2 is 1.44 bits per heavy atom. The van der Waals surface area contributed by atoms with Gasteiger partial charge in [-0.1, -0.05) is 31.6 Å². The number of fused-ring (bicyclic) bond motifs is 6. The molecule has 2 aliphatic heterocycles. The van der Waals surface area contributed by atoms with Crippen molar-refractivity contribution in [3.05, 3.63) is 89.6 Å². The van der Waals surface area contributed by atoms with Crippen LogP contribution in [0.4, 0.5) is 11.4 Å². The van der Waals surface area contributed by atoms with E-state index in [9.17, 15) is 61.8 Å². The van der Waals surface area contributed by atoms with Crippen LogP contribution in [0, 0.1) is 0 Å². The first-order chi connectivity index (χ1) is 28.7. The zero-order valence-corrected chi connectivity index (χ0v) is 37.7. The predicted molar refractivity (Wildman–Crippen MR) is 232 cm³/mol. The van der Waals surface area contributed by atoms with Crippen LogP contribution >= 0.6 is 0 Å². The van der Waals surface area contributed by atoms with Crippen LogP contribution in [0.1, 0.15) is 83.8 Å². The van der Waals surface area contributed by atoms with E-state index in [1.54, 1.807) is 24.3 Å². The van der Waals surface area contributed by atoms with Crippen LogP contribution in [-0.4, -0.2) is 92.1 Å². The molecule has 0 amide bonds. The van der Waals surface area contributed by atoms with Gasteiger partial charge in [0.1, 0.15) is 11.4 Å². The summed E-state index contributed by atoms with van der Waals surface area (Å²) in [6, 6.07) is 12.9. The van der Waals surface area contributed by atoms with Crippen molar-refractivity contribution in [2.75, 3.05) is 23.7 Å². The largest absolute Gasteiger partial charge is 0.748 e. The first-order valence-corrected chi connectivity index (χ1v) is 25.7. The fourth-order valence-corrected chi connectivity index (χ4v) is 11.5. The molecule has 0 spiro atoms. The number of hydrogen-bond acceptors (Lipinski definition) is 11. The number of benzene rings is 4. The quantitative estimate of drug-likeness (QED) is 0.0487. The van der Waals surface area contributed by atoms with Crippen LogP contribution in [0.25, 0.3) is 21.5 Å². The summed E-state index contributed by atoms with van der Waals surface area (Å²) in [7, 11) is -19.1. The molecule has 2 heterocycles. The summed E-state index contributed by atoms with van der Waals surface area (Å²) in [5.41, 5.74) is 2.01. The van der Waals surface area contributed by atoms with Crippen molar-refractivity contribution >= 4 is 85.1 Å². The number of allylic oxidation sites excluding steroid dienone is 4. The number of carbonyl (C=O) groups is 1. The van der Waals surface area contributed by atoms with E-state index in [0.29, 0.717) is 83.8 Å². The van der Waals surface area contributed by atoms with Gasteiger partial charge in [0.15, 0.2) is 5.71 Å². The van der Waals surface area contributed by atoms with Gasteiger partial charge in [-0.05, 0) is 111 Å². The molecule has 0 aromatic heterocycles. The third-order valence-electron chi connectivity index (χ3n) is 11.7. The zero-order valence-electron chi connectivity index (χ0n) is 34.4. The molecule has 20 heteroatoms.